The number of morpholine rings is 2. The zero-order valence-electron chi connectivity index (χ0n) is 16.0. The number of hydrogen-bond acceptors (Lipinski definition) is 4. The normalized spacial score (nSPS) is 29.5. The molecule has 1 aromatic rings. The maximum absolute atomic E-state index is 12.9. The summed E-state index contributed by atoms with van der Waals surface area (Å²) in [6.45, 7) is 10.2. The van der Waals surface area contributed by atoms with Crippen LogP contribution >= 0.6 is 0 Å². The molecule has 0 bridgehead atoms. The Balaban J connectivity index is 1.75. The van der Waals surface area contributed by atoms with Crippen LogP contribution in [0, 0.1) is 0 Å². The molecule has 0 unspecified atom stereocenters. The highest BCUT2D eigenvalue weighted by atomic mass is 16.5. The zero-order chi connectivity index (χ0) is 18.8. The van der Waals surface area contributed by atoms with Crippen molar-refractivity contribution in [3.05, 3.63) is 35.4 Å². The van der Waals surface area contributed by atoms with Crippen LogP contribution in [-0.4, -0.2) is 72.2 Å². The monoisotopic (exact) mass is 360 g/mol. The molecule has 2 heterocycles. The molecule has 26 heavy (non-hydrogen) atoms. The summed E-state index contributed by atoms with van der Waals surface area (Å²) in [7, 11) is 0. The van der Waals surface area contributed by atoms with Gasteiger partial charge in [0.15, 0.2) is 0 Å². The summed E-state index contributed by atoms with van der Waals surface area (Å²) in [6, 6.07) is 7.03. The van der Waals surface area contributed by atoms with Crippen molar-refractivity contribution in [2.75, 3.05) is 26.2 Å². The fourth-order valence-corrected chi connectivity index (χ4v) is 3.84. The molecule has 2 fully saturated rings. The van der Waals surface area contributed by atoms with Crippen molar-refractivity contribution in [3.63, 3.8) is 0 Å². The summed E-state index contributed by atoms with van der Waals surface area (Å²) in [5, 5.41) is 0. The van der Waals surface area contributed by atoms with E-state index in [1.807, 2.05) is 27.7 Å². The van der Waals surface area contributed by atoms with E-state index < -0.39 is 0 Å². The molecular formula is C20H28N2O4. The highest BCUT2D eigenvalue weighted by Crippen LogP contribution is 2.18. The van der Waals surface area contributed by atoms with Gasteiger partial charge in [0, 0.05) is 37.3 Å². The topological polar surface area (TPSA) is 59.1 Å². The van der Waals surface area contributed by atoms with Crippen molar-refractivity contribution in [1.82, 2.24) is 9.80 Å². The van der Waals surface area contributed by atoms with Crippen molar-refractivity contribution in [2.45, 2.75) is 52.1 Å². The standard InChI is InChI=1S/C20H28N2O4/c1-13-9-21(10-14(2)25-13)19(23)17-6-5-7-18(8-17)20(24)22-11-15(3)26-16(4)12-22/h5-8,13-16H,9-12H2,1-4H3/t13-,14-,15-,16+/m1/s1. The summed E-state index contributed by atoms with van der Waals surface area (Å²) in [5.41, 5.74) is 1.10. The molecular weight excluding hydrogens is 332 g/mol. The first-order valence-corrected chi connectivity index (χ1v) is 9.33. The molecule has 142 valence electrons. The fraction of sp³-hybridized carbons (Fsp3) is 0.600. The van der Waals surface area contributed by atoms with Crippen LogP contribution in [0.4, 0.5) is 0 Å². The largest absolute Gasteiger partial charge is 0.372 e. The average molecular weight is 360 g/mol. The first-order valence-electron chi connectivity index (χ1n) is 9.33. The Bertz CT molecular complexity index is 604. The summed E-state index contributed by atoms with van der Waals surface area (Å²) in [5.74, 6) is -0.101. The van der Waals surface area contributed by atoms with Crippen LogP contribution in [0.15, 0.2) is 24.3 Å². The van der Waals surface area contributed by atoms with Gasteiger partial charge in [0.05, 0.1) is 24.4 Å². The molecule has 4 atom stereocenters. The van der Waals surface area contributed by atoms with Gasteiger partial charge >= 0.3 is 0 Å². The second-order valence-electron chi connectivity index (χ2n) is 7.52. The predicted octanol–water partition coefficient (Wildman–Crippen LogP) is 2.19. The number of amides is 2. The Morgan fingerprint density at radius 2 is 1.12 bits per heavy atom. The minimum Gasteiger partial charge on any atom is -0.372 e. The molecule has 0 spiro atoms. The molecule has 6 nitrogen and oxygen atoms in total. The molecule has 0 N–H and O–H groups in total. The van der Waals surface area contributed by atoms with Crippen molar-refractivity contribution < 1.29 is 19.1 Å². The van der Waals surface area contributed by atoms with Crippen molar-refractivity contribution in [2.24, 2.45) is 0 Å². The number of ether oxygens (including phenoxy) is 2. The first-order chi connectivity index (χ1) is 12.3. The average Bonchev–Trinajstić information content (AvgIpc) is 2.59. The summed E-state index contributed by atoms with van der Waals surface area (Å²) >= 11 is 0. The zero-order valence-corrected chi connectivity index (χ0v) is 16.0. The number of nitrogens with zero attached hydrogens (tertiary/aromatic N) is 2. The van der Waals surface area contributed by atoms with Gasteiger partial charge in [0.25, 0.3) is 11.8 Å². The second kappa shape index (κ2) is 7.76. The van der Waals surface area contributed by atoms with Crippen molar-refractivity contribution in [3.8, 4) is 0 Å². The van der Waals surface area contributed by atoms with Crippen LogP contribution in [0.25, 0.3) is 0 Å². The molecule has 0 aromatic heterocycles. The fourth-order valence-electron chi connectivity index (χ4n) is 3.84. The lowest BCUT2D eigenvalue weighted by atomic mass is 10.1. The lowest BCUT2D eigenvalue weighted by molar-refractivity contribution is -0.0588. The van der Waals surface area contributed by atoms with Gasteiger partial charge in [0.2, 0.25) is 0 Å². The highest BCUT2D eigenvalue weighted by Gasteiger charge is 2.29. The van der Waals surface area contributed by atoms with Gasteiger partial charge in [-0.3, -0.25) is 9.59 Å². The van der Waals surface area contributed by atoms with E-state index in [9.17, 15) is 9.59 Å². The van der Waals surface area contributed by atoms with E-state index in [1.165, 1.54) is 0 Å². The molecule has 2 amide bonds. The third-order valence-electron chi connectivity index (χ3n) is 4.77. The summed E-state index contributed by atoms with van der Waals surface area (Å²) in [4.78, 5) is 29.4. The van der Waals surface area contributed by atoms with E-state index in [0.717, 1.165) is 0 Å². The summed E-state index contributed by atoms with van der Waals surface area (Å²) < 4.78 is 11.4. The molecule has 1 aromatic carbocycles. The van der Waals surface area contributed by atoms with Crippen LogP contribution in [0.2, 0.25) is 0 Å². The van der Waals surface area contributed by atoms with Gasteiger partial charge < -0.3 is 19.3 Å². The van der Waals surface area contributed by atoms with Crippen LogP contribution in [0.3, 0.4) is 0 Å². The maximum Gasteiger partial charge on any atom is 0.254 e. The van der Waals surface area contributed by atoms with Crippen molar-refractivity contribution >= 4 is 11.8 Å². The van der Waals surface area contributed by atoms with E-state index in [4.69, 9.17) is 9.47 Å². The van der Waals surface area contributed by atoms with Gasteiger partial charge in [-0.05, 0) is 45.9 Å². The number of carbonyl (C=O) groups is 2. The van der Waals surface area contributed by atoms with E-state index >= 15 is 0 Å². The number of rotatable bonds is 2. The summed E-state index contributed by atoms with van der Waals surface area (Å²) in [6.07, 6.45) is 0.0698. The molecule has 2 aliphatic heterocycles. The van der Waals surface area contributed by atoms with Gasteiger partial charge in [-0.25, -0.2) is 0 Å². The second-order valence-corrected chi connectivity index (χ2v) is 7.52. The Kier molecular flexibility index (Phi) is 5.63. The van der Waals surface area contributed by atoms with E-state index in [-0.39, 0.29) is 36.2 Å². The van der Waals surface area contributed by atoms with E-state index in [0.29, 0.717) is 37.3 Å². The molecule has 3 rings (SSSR count). The van der Waals surface area contributed by atoms with Gasteiger partial charge in [-0.2, -0.15) is 0 Å². The minimum atomic E-state index is -0.0506. The highest BCUT2D eigenvalue weighted by molar-refractivity contribution is 5.99. The smallest absolute Gasteiger partial charge is 0.254 e. The number of hydrogen-bond donors (Lipinski definition) is 0. The molecule has 2 saturated heterocycles. The van der Waals surface area contributed by atoms with Crippen molar-refractivity contribution in [1.29, 1.82) is 0 Å². The van der Waals surface area contributed by atoms with Crippen LogP contribution < -0.4 is 0 Å². The van der Waals surface area contributed by atoms with Crippen LogP contribution in [0.5, 0.6) is 0 Å². The van der Waals surface area contributed by atoms with Crippen LogP contribution in [-0.2, 0) is 9.47 Å². The predicted molar refractivity (Wildman–Crippen MR) is 98.3 cm³/mol. The number of benzene rings is 1. The first kappa shape index (κ1) is 18.9. The lowest BCUT2D eigenvalue weighted by Gasteiger charge is -2.36. The molecule has 2 aliphatic rings. The lowest BCUT2D eigenvalue weighted by Crippen LogP contribution is -2.48. The third-order valence-corrected chi connectivity index (χ3v) is 4.77. The van der Waals surface area contributed by atoms with E-state index in [2.05, 4.69) is 0 Å². The minimum absolute atomic E-state index is 0.0174. The van der Waals surface area contributed by atoms with Gasteiger partial charge in [0.1, 0.15) is 0 Å². The Hall–Kier alpha value is -1.92. The molecule has 0 radical (unpaired) electrons. The van der Waals surface area contributed by atoms with Gasteiger partial charge in [-0.1, -0.05) is 6.07 Å². The SMILES string of the molecule is C[C@@H]1CN(C(=O)c2cccc(C(=O)N3C[C@@H](C)O[C@@H](C)C3)c2)C[C@@H](C)O1. The third kappa shape index (κ3) is 4.24. The molecule has 6 heteroatoms. The Labute approximate surface area is 155 Å². The van der Waals surface area contributed by atoms with Gasteiger partial charge in [-0.15, -0.1) is 0 Å². The van der Waals surface area contributed by atoms with E-state index in [1.54, 1.807) is 34.1 Å². The Morgan fingerprint density at radius 3 is 1.46 bits per heavy atom. The molecule has 0 aliphatic carbocycles. The quantitative estimate of drug-likeness (QED) is 0.811. The molecule has 0 saturated carbocycles. The van der Waals surface area contributed by atoms with Crippen LogP contribution in [0.1, 0.15) is 48.4 Å². The number of carbonyl (C=O) groups excluding carboxylic acids is 2. The Morgan fingerprint density at radius 1 is 0.769 bits per heavy atom. The maximum atomic E-state index is 12.9.